The van der Waals surface area contributed by atoms with E-state index in [9.17, 15) is 0 Å². The van der Waals surface area contributed by atoms with Crippen molar-refractivity contribution < 1.29 is 20.9 Å². The van der Waals surface area contributed by atoms with Crippen LogP contribution in [-0.4, -0.2) is 15.0 Å². The Morgan fingerprint density at radius 2 is 1.10 bits per heavy atom. The van der Waals surface area contributed by atoms with Crippen LogP contribution in [0.15, 0.2) is 168 Å². The fraction of sp³-hybridized carbons (Fsp3) is 0. The molecule has 10 rings (SSSR count). The molecule has 0 unspecified atom stereocenters. The summed E-state index contributed by atoms with van der Waals surface area (Å²) in [4.78, 5) is 14.1. The first-order chi connectivity index (χ1) is 29.2. The topological polar surface area (TPSA) is 51.8 Å². The lowest BCUT2D eigenvalue weighted by Gasteiger charge is -2.12. The predicted molar refractivity (Wildman–Crippen MR) is 201 cm³/mol. The van der Waals surface area contributed by atoms with Crippen molar-refractivity contribution in [2.24, 2.45) is 0 Å². The maximum atomic E-state index is 9.07. The zero-order valence-electron chi connectivity index (χ0n) is 37.4. The summed E-state index contributed by atoms with van der Waals surface area (Å²) in [6.07, 6.45) is 0. The van der Waals surface area contributed by atoms with Crippen molar-refractivity contribution in [3.63, 3.8) is 0 Å². The van der Waals surface area contributed by atoms with Gasteiger partial charge in [0.15, 0.2) is 17.5 Å². The van der Waals surface area contributed by atoms with Crippen molar-refractivity contribution >= 4 is 54.3 Å². The lowest BCUT2D eigenvalue weighted by molar-refractivity contribution is 0.673. The first-order valence-electron chi connectivity index (χ1n) is 21.5. The average molecular weight is 638 g/mol. The highest BCUT2D eigenvalue weighted by atomic mass is 16.3. The molecular weight excluding hydrogens is 599 g/mol. The summed E-state index contributed by atoms with van der Waals surface area (Å²) in [5.41, 5.74) is 2.84. The molecule has 4 heteroatoms. The molecule has 228 valence electrons. The Kier molecular flexibility index (Phi) is 4.04. The highest BCUT2D eigenvalue weighted by Crippen LogP contribution is 2.41. The van der Waals surface area contributed by atoms with Gasteiger partial charge in [0.2, 0.25) is 0 Å². The molecule has 10 aromatic rings. The minimum Gasteiger partial charge on any atom is -0.455 e. The maximum Gasteiger partial charge on any atom is 0.164 e. The normalized spacial score (nSPS) is 15.1. The fourth-order valence-electron chi connectivity index (χ4n) is 6.39. The van der Waals surface area contributed by atoms with Gasteiger partial charge in [0, 0.05) is 32.8 Å². The summed E-state index contributed by atoms with van der Waals surface area (Å²) in [5.74, 6) is -0.823. The first kappa shape index (κ1) is 18.0. The Balaban J connectivity index is 1.29. The third-order valence-corrected chi connectivity index (χ3v) is 8.70. The monoisotopic (exact) mass is 637 g/mol. The molecule has 0 saturated heterocycles. The van der Waals surface area contributed by atoms with Gasteiger partial charge in [-0.25, -0.2) is 15.0 Å². The molecule has 0 aliphatic carbocycles. The molecule has 0 amide bonds. The molecule has 0 radical (unpaired) electrons. The van der Waals surface area contributed by atoms with Crippen LogP contribution in [0.4, 0.5) is 0 Å². The molecule has 0 spiro atoms. The van der Waals surface area contributed by atoms with Crippen LogP contribution in [0.25, 0.3) is 99.5 Å². The van der Waals surface area contributed by atoms with Crippen LogP contribution in [-0.2, 0) is 0 Å². The van der Waals surface area contributed by atoms with Crippen molar-refractivity contribution in [3.05, 3.63) is 164 Å². The van der Waals surface area contributed by atoms with E-state index in [1.54, 1.807) is 0 Å². The van der Waals surface area contributed by atoms with E-state index >= 15 is 0 Å². The van der Waals surface area contributed by atoms with Gasteiger partial charge in [-0.2, -0.15) is 0 Å². The number of benzene rings is 8. The molecular formula is C45H27N3O. The van der Waals surface area contributed by atoms with E-state index in [4.69, 9.17) is 30.8 Å². The Morgan fingerprint density at radius 3 is 2.00 bits per heavy atom. The van der Waals surface area contributed by atoms with Gasteiger partial charge in [-0.3, -0.25) is 0 Å². The van der Waals surface area contributed by atoms with Crippen LogP contribution in [0.5, 0.6) is 0 Å². The number of hydrogen-bond acceptors (Lipinski definition) is 4. The van der Waals surface area contributed by atoms with Crippen LogP contribution in [0, 0.1) is 0 Å². The first-order valence-corrected chi connectivity index (χ1v) is 15.5. The molecule has 0 saturated carbocycles. The van der Waals surface area contributed by atoms with E-state index in [0.29, 0.717) is 32.9 Å². The van der Waals surface area contributed by atoms with Gasteiger partial charge in [-0.05, 0) is 62.3 Å². The third-order valence-electron chi connectivity index (χ3n) is 8.70. The molecule has 2 aromatic heterocycles. The van der Waals surface area contributed by atoms with Crippen LogP contribution >= 0.6 is 0 Å². The van der Waals surface area contributed by atoms with Gasteiger partial charge in [0.05, 0.1) is 16.4 Å². The largest absolute Gasteiger partial charge is 0.455 e. The lowest BCUT2D eigenvalue weighted by atomic mass is 9.98. The molecule has 49 heavy (non-hydrogen) atoms. The van der Waals surface area contributed by atoms with Gasteiger partial charge >= 0.3 is 0 Å². The van der Waals surface area contributed by atoms with Crippen molar-refractivity contribution in [1.82, 2.24) is 15.0 Å². The number of fused-ring (bicyclic) bond motifs is 7. The molecule has 0 fully saturated rings. The smallest absolute Gasteiger partial charge is 0.164 e. The quantitative estimate of drug-likeness (QED) is 0.193. The number of rotatable bonds is 4. The fourth-order valence-corrected chi connectivity index (χ4v) is 6.39. The molecule has 0 bridgehead atoms. The summed E-state index contributed by atoms with van der Waals surface area (Å²) in [6, 6.07) is 22.0. The van der Waals surface area contributed by atoms with E-state index in [0.717, 1.165) is 27.3 Å². The zero-order chi connectivity index (χ0) is 42.8. The van der Waals surface area contributed by atoms with Crippen molar-refractivity contribution in [3.8, 4) is 45.3 Å². The van der Waals surface area contributed by atoms with Crippen molar-refractivity contribution in [2.75, 3.05) is 0 Å². The van der Waals surface area contributed by atoms with E-state index in [2.05, 4.69) is 35.3 Å². The summed E-state index contributed by atoms with van der Waals surface area (Å²) in [6.45, 7) is 0. The standard InChI is InChI=1S/C45H27N3O/c1-2-13-30(14-3-1)43-46-44(38-20-10-16-29-12-6-7-17-34(29)38)48-45(47-43)40-27-39-36-24-23-33(32-22-21-28-11-4-5-15-31(28)25-32)26-41(36)49-42(39)37-19-9-8-18-35(37)40/h1-27H/i1D,2D,3D,6D,7D,10D,12D,13D,14D,16D,17D,20D. The van der Waals surface area contributed by atoms with E-state index < -0.39 is 72.5 Å². The number of hydrogen-bond donors (Lipinski definition) is 0. The highest BCUT2D eigenvalue weighted by molar-refractivity contribution is 6.19. The summed E-state index contributed by atoms with van der Waals surface area (Å²) in [5, 5.41) is 4.35. The number of furan rings is 1. The number of nitrogens with zero attached hydrogens (tertiary/aromatic N) is 3. The molecule has 2 heterocycles. The Bertz CT molecular complexity index is 3550. The lowest BCUT2D eigenvalue weighted by Crippen LogP contribution is -2.01. The molecule has 0 atom stereocenters. The van der Waals surface area contributed by atoms with E-state index in [1.807, 2.05) is 60.7 Å². The van der Waals surface area contributed by atoms with Gasteiger partial charge in [-0.15, -0.1) is 0 Å². The number of aromatic nitrogens is 3. The van der Waals surface area contributed by atoms with Gasteiger partial charge in [0.25, 0.3) is 0 Å². The summed E-state index contributed by atoms with van der Waals surface area (Å²) in [7, 11) is 0. The maximum absolute atomic E-state index is 9.07. The zero-order valence-corrected chi connectivity index (χ0v) is 25.4. The second-order valence-electron chi connectivity index (χ2n) is 11.5. The van der Waals surface area contributed by atoms with E-state index in [-0.39, 0.29) is 39.4 Å². The Labute approximate surface area is 298 Å². The summed E-state index contributed by atoms with van der Waals surface area (Å²) < 4.78 is 110. The van der Waals surface area contributed by atoms with Crippen LogP contribution in [0.2, 0.25) is 0 Å². The molecule has 0 N–H and O–H groups in total. The van der Waals surface area contributed by atoms with Gasteiger partial charge < -0.3 is 4.42 Å². The van der Waals surface area contributed by atoms with Crippen molar-refractivity contribution in [1.29, 1.82) is 0 Å². The minimum absolute atomic E-state index is 0.0677. The highest BCUT2D eigenvalue weighted by Gasteiger charge is 2.20. The van der Waals surface area contributed by atoms with E-state index in [1.165, 1.54) is 0 Å². The van der Waals surface area contributed by atoms with Gasteiger partial charge in [0.1, 0.15) is 11.2 Å². The molecule has 8 aromatic carbocycles. The Morgan fingerprint density at radius 1 is 0.408 bits per heavy atom. The molecule has 0 aliphatic rings. The van der Waals surface area contributed by atoms with Crippen LogP contribution in [0.1, 0.15) is 16.4 Å². The Hall–Kier alpha value is -6.65. The van der Waals surface area contributed by atoms with Crippen molar-refractivity contribution in [2.45, 2.75) is 0 Å². The molecule has 4 nitrogen and oxygen atoms in total. The van der Waals surface area contributed by atoms with Gasteiger partial charge in [-0.1, -0.05) is 139 Å². The van der Waals surface area contributed by atoms with Crippen LogP contribution < -0.4 is 0 Å². The predicted octanol–water partition coefficient (Wildman–Crippen LogP) is 11.9. The molecule has 0 aliphatic heterocycles. The third kappa shape index (κ3) is 4.57. The second kappa shape index (κ2) is 11.0. The average Bonchev–Trinajstić information content (AvgIpc) is 3.65. The SMILES string of the molecule is [2H]c1c([2H])c([2H])c(-c2nc(-c3cc4c5ccc(-c6ccc7ccccc7c6)cc5oc4c4ccccc34)nc(-c3c([2H])c([2H])c([2H])c4c([2H])c([2H])c([2H])c([2H])c34)n2)c([2H])c1[2H]. The summed E-state index contributed by atoms with van der Waals surface area (Å²) >= 11 is 0. The minimum atomic E-state index is -0.654. The second-order valence-corrected chi connectivity index (χ2v) is 11.5. The van der Waals surface area contributed by atoms with Crippen LogP contribution in [0.3, 0.4) is 0 Å².